The van der Waals surface area contributed by atoms with Crippen LogP contribution in [0, 0.1) is 5.82 Å². The zero-order chi connectivity index (χ0) is 14.8. The number of halogens is 2. The summed E-state index contributed by atoms with van der Waals surface area (Å²) in [6.07, 6.45) is 3.96. The predicted octanol–water partition coefficient (Wildman–Crippen LogP) is 3.73. The molecule has 0 spiro atoms. The van der Waals surface area contributed by atoms with Crippen LogP contribution >= 0.6 is 23.4 Å². The molecule has 1 heterocycles. The number of H-pyrrole nitrogens is 1. The number of hydrogen-bond acceptors (Lipinski definition) is 3. The Morgan fingerprint density at radius 3 is 2.95 bits per heavy atom. The summed E-state index contributed by atoms with van der Waals surface area (Å²) >= 11 is 7.40. The van der Waals surface area contributed by atoms with E-state index in [1.165, 1.54) is 17.8 Å². The SMILES string of the molecule is O=c1nc(SCc2c(F)cccc2Cl)c2c([nH]1)CCCC2. The average molecular weight is 325 g/mol. The molecule has 2 aromatic rings. The predicted molar refractivity (Wildman–Crippen MR) is 82.5 cm³/mol. The van der Waals surface area contributed by atoms with E-state index in [1.54, 1.807) is 12.1 Å². The van der Waals surface area contributed by atoms with Crippen LogP contribution in [0.2, 0.25) is 5.02 Å². The van der Waals surface area contributed by atoms with Gasteiger partial charge >= 0.3 is 5.69 Å². The summed E-state index contributed by atoms with van der Waals surface area (Å²) in [5.74, 6) is 0.0442. The van der Waals surface area contributed by atoms with E-state index in [0.29, 0.717) is 21.4 Å². The first kappa shape index (κ1) is 14.6. The third-order valence-electron chi connectivity index (χ3n) is 3.60. The summed E-state index contributed by atoms with van der Waals surface area (Å²) in [7, 11) is 0. The number of nitrogens with one attached hydrogen (secondary N) is 1. The molecule has 3 nitrogen and oxygen atoms in total. The Morgan fingerprint density at radius 1 is 1.33 bits per heavy atom. The molecular formula is C15H14ClFN2OS. The van der Waals surface area contributed by atoms with E-state index in [1.807, 2.05) is 0 Å². The molecule has 0 bridgehead atoms. The van der Waals surface area contributed by atoms with Gasteiger partial charge in [0.05, 0.1) is 0 Å². The quantitative estimate of drug-likeness (QED) is 0.691. The van der Waals surface area contributed by atoms with Gasteiger partial charge in [0.1, 0.15) is 10.8 Å². The maximum atomic E-state index is 13.8. The van der Waals surface area contributed by atoms with Crippen molar-refractivity contribution >= 4 is 23.4 Å². The Hall–Kier alpha value is -1.33. The molecule has 6 heteroatoms. The van der Waals surface area contributed by atoms with Crippen molar-refractivity contribution in [2.45, 2.75) is 36.5 Å². The minimum Gasteiger partial charge on any atom is -0.309 e. The fourth-order valence-electron chi connectivity index (χ4n) is 2.53. The number of fused-ring (bicyclic) bond motifs is 1. The maximum Gasteiger partial charge on any atom is 0.346 e. The molecule has 1 aliphatic carbocycles. The lowest BCUT2D eigenvalue weighted by molar-refractivity contribution is 0.617. The highest BCUT2D eigenvalue weighted by Gasteiger charge is 2.17. The van der Waals surface area contributed by atoms with Crippen LogP contribution in [0.4, 0.5) is 4.39 Å². The van der Waals surface area contributed by atoms with Gasteiger partial charge in [-0.2, -0.15) is 4.98 Å². The number of nitrogens with zero attached hydrogens (tertiary/aromatic N) is 1. The Morgan fingerprint density at radius 2 is 2.14 bits per heavy atom. The van der Waals surface area contributed by atoms with Gasteiger partial charge in [-0.05, 0) is 37.8 Å². The zero-order valence-electron chi connectivity index (χ0n) is 11.3. The molecule has 0 amide bonds. The van der Waals surface area contributed by atoms with Crippen LogP contribution in [0.5, 0.6) is 0 Å². The molecule has 0 saturated heterocycles. The van der Waals surface area contributed by atoms with Crippen LogP contribution in [-0.2, 0) is 18.6 Å². The van der Waals surface area contributed by atoms with Crippen LogP contribution in [0.3, 0.4) is 0 Å². The van der Waals surface area contributed by atoms with Crippen LogP contribution in [0.1, 0.15) is 29.7 Å². The van der Waals surface area contributed by atoms with E-state index in [4.69, 9.17) is 11.6 Å². The third-order valence-corrected chi connectivity index (χ3v) is 5.00. The number of rotatable bonds is 3. The van der Waals surface area contributed by atoms with E-state index in [9.17, 15) is 9.18 Å². The normalized spacial score (nSPS) is 14.0. The van der Waals surface area contributed by atoms with Crippen LogP contribution in [-0.4, -0.2) is 9.97 Å². The number of benzene rings is 1. The van der Waals surface area contributed by atoms with Gasteiger partial charge in [0.25, 0.3) is 0 Å². The van der Waals surface area contributed by atoms with Gasteiger partial charge in [0, 0.05) is 27.6 Å². The van der Waals surface area contributed by atoms with Gasteiger partial charge in [-0.15, -0.1) is 11.8 Å². The molecule has 1 N–H and O–H groups in total. The minimum atomic E-state index is -0.335. The van der Waals surface area contributed by atoms with Crippen molar-refractivity contribution in [2.24, 2.45) is 0 Å². The van der Waals surface area contributed by atoms with E-state index >= 15 is 0 Å². The van der Waals surface area contributed by atoms with Crippen LogP contribution in [0.15, 0.2) is 28.0 Å². The molecule has 1 aromatic carbocycles. The molecule has 0 aliphatic heterocycles. The molecule has 0 radical (unpaired) electrons. The highest BCUT2D eigenvalue weighted by Crippen LogP contribution is 2.31. The molecule has 110 valence electrons. The van der Waals surface area contributed by atoms with E-state index < -0.39 is 0 Å². The fourth-order valence-corrected chi connectivity index (χ4v) is 3.96. The highest BCUT2D eigenvalue weighted by atomic mass is 35.5. The lowest BCUT2D eigenvalue weighted by Gasteiger charge is -2.17. The number of thioether (sulfide) groups is 1. The second-order valence-corrected chi connectivity index (χ2v) is 6.37. The molecule has 0 atom stereocenters. The van der Waals surface area contributed by atoms with Gasteiger partial charge in [-0.3, -0.25) is 0 Å². The number of aromatic amines is 1. The van der Waals surface area contributed by atoms with Crippen molar-refractivity contribution in [3.63, 3.8) is 0 Å². The van der Waals surface area contributed by atoms with Crippen LogP contribution < -0.4 is 5.69 Å². The smallest absolute Gasteiger partial charge is 0.309 e. The monoisotopic (exact) mass is 324 g/mol. The average Bonchev–Trinajstić information content (AvgIpc) is 2.46. The molecule has 1 aliphatic rings. The number of hydrogen-bond donors (Lipinski definition) is 1. The van der Waals surface area contributed by atoms with Crippen molar-refractivity contribution in [2.75, 3.05) is 0 Å². The molecule has 21 heavy (non-hydrogen) atoms. The Kier molecular flexibility index (Phi) is 4.31. The summed E-state index contributed by atoms with van der Waals surface area (Å²) in [4.78, 5) is 18.5. The van der Waals surface area contributed by atoms with Gasteiger partial charge in [0.2, 0.25) is 0 Å². The first-order valence-electron chi connectivity index (χ1n) is 6.83. The summed E-state index contributed by atoms with van der Waals surface area (Å²) in [6, 6.07) is 4.64. The zero-order valence-corrected chi connectivity index (χ0v) is 12.9. The minimum absolute atomic E-state index is 0.325. The maximum absolute atomic E-state index is 13.8. The Labute approximate surface area is 131 Å². The van der Waals surface area contributed by atoms with Gasteiger partial charge in [-0.1, -0.05) is 17.7 Å². The van der Waals surface area contributed by atoms with Crippen molar-refractivity contribution in [1.82, 2.24) is 9.97 Å². The first-order valence-corrected chi connectivity index (χ1v) is 8.19. The summed E-state index contributed by atoms with van der Waals surface area (Å²) in [6.45, 7) is 0. The largest absolute Gasteiger partial charge is 0.346 e. The highest BCUT2D eigenvalue weighted by molar-refractivity contribution is 7.98. The summed E-state index contributed by atoms with van der Waals surface area (Å²) in [5, 5.41) is 1.11. The summed E-state index contributed by atoms with van der Waals surface area (Å²) < 4.78 is 13.8. The van der Waals surface area contributed by atoms with Crippen molar-refractivity contribution in [1.29, 1.82) is 0 Å². The Bertz CT molecular complexity index is 712. The molecule has 3 rings (SSSR count). The molecule has 0 fully saturated rings. The van der Waals surface area contributed by atoms with Gasteiger partial charge < -0.3 is 4.98 Å². The third kappa shape index (κ3) is 3.14. The Balaban J connectivity index is 1.89. The standard InChI is InChI=1S/C15H14ClFN2OS/c16-11-5-3-6-12(17)10(11)8-21-14-9-4-1-2-7-13(9)18-15(20)19-14/h3,5-6H,1-2,4,7-8H2,(H,18,19,20). The summed E-state index contributed by atoms with van der Waals surface area (Å²) in [5.41, 5.74) is 2.19. The second kappa shape index (κ2) is 6.20. The van der Waals surface area contributed by atoms with E-state index in [0.717, 1.165) is 36.9 Å². The lowest BCUT2D eigenvalue weighted by Crippen LogP contribution is -2.19. The van der Waals surface area contributed by atoms with E-state index in [-0.39, 0.29) is 11.5 Å². The van der Waals surface area contributed by atoms with Crippen LogP contribution in [0.25, 0.3) is 0 Å². The molecule has 0 unspecified atom stereocenters. The lowest BCUT2D eigenvalue weighted by atomic mass is 9.98. The molecule has 0 saturated carbocycles. The topological polar surface area (TPSA) is 45.8 Å². The van der Waals surface area contributed by atoms with Gasteiger partial charge in [-0.25, -0.2) is 9.18 Å². The number of aryl methyl sites for hydroxylation is 1. The fraction of sp³-hybridized carbons (Fsp3) is 0.333. The van der Waals surface area contributed by atoms with Crippen molar-refractivity contribution in [3.8, 4) is 0 Å². The van der Waals surface area contributed by atoms with Crippen molar-refractivity contribution in [3.05, 3.63) is 56.3 Å². The number of aromatic nitrogens is 2. The van der Waals surface area contributed by atoms with Gasteiger partial charge in [0.15, 0.2) is 0 Å². The van der Waals surface area contributed by atoms with E-state index in [2.05, 4.69) is 9.97 Å². The molecule has 1 aromatic heterocycles. The van der Waals surface area contributed by atoms with Crippen molar-refractivity contribution < 1.29 is 4.39 Å². The molecular weight excluding hydrogens is 311 g/mol. The second-order valence-electron chi connectivity index (χ2n) is 5.00. The first-order chi connectivity index (χ1) is 10.1.